The molecule has 1 aromatic rings. The molecule has 60 valence electrons. The third-order valence-corrected chi connectivity index (χ3v) is 1.84. The number of hydrogen-bond acceptors (Lipinski definition) is 3. The fraction of sp³-hybridized carbons (Fsp3) is 0.250. The van der Waals surface area contributed by atoms with Crippen molar-refractivity contribution >= 4 is 11.4 Å². The molecule has 11 heavy (non-hydrogen) atoms. The maximum atomic E-state index is 8.57. The van der Waals surface area contributed by atoms with Gasteiger partial charge in [-0.3, -0.25) is 10.7 Å². The first kappa shape index (κ1) is 7.88. The highest BCUT2D eigenvalue weighted by atomic mass is 16.5. The Balaban J connectivity index is 3.21. The van der Waals surface area contributed by atoms with Crippen LogP contribution in [0.25, 0.3) is 0 Å². The molecule has 0 heterocycles. The summed E-state index contributed by atoms with van der Waals surface area (Å²) in [5.74, 6) is 0. The van der Waals surface area contributed by atoms with Gasteiger partial charge in [0.1, 0.15) is 0 Å². The highest BCUT2D eigenvalue weighted by molar-refractivity contribution is 5.60. The SMILES string of the molecule is Cc1cc(NO)cc(N)c1C. The Morgan fingerprint density at radius 2 is 2.00 bits per heavy atom. The number of nitrogen functional groups attached to an aromatic ring is 1. The molecule has 0 aromatic heterocycles. The van der Waals surface area contributed by atoms with Gasteiger partial charge in [0.05, 0.1) is 5.69 Å². The van der Waals surface area contributed by atoms with Crippen molar-refractivity contribution in [3.63, 3.8) is 0 Å². The lowest BCUT2D eigenvalue weighted by atomic mass is 10.1. The summed E-state index contributed by atoms with van der Waals surface area (Å²) in [5, 5.41) is 8.57. The third-order valence-electron chi connectivity index (χ3n) is 1.84. The van der Waals surface area contributed by atoms with Crippen LogP contribution in [-0.2, 0) is 0 Å². The quantitative estimate of drug-likeness (QED) is 0.424. The molecule has 0 radical (unpaired) electrons. The number of hydrogen-bond donors (Lipinski definition) is 3. The number of aryl methyl sites for hydroxylation is 1. The van der Waals surface area contributed by atoms with Crippen molar-refractivity contribution < 1.29 is 5.21 Å². The van der Waals surface area contributed by atoms with E-state index in [0.717, 1.165) is 11.1 Å². The van der Waals surface area contributed by atoms with Crippen molar-refractivity contribution in [1.29, 1.82) is 0 Å². The lowest BCUT2D eigenvalue weighted by molar-refractivity contribution is 0.389. The highest BCUT2D eigenvalue weighted by Gasteiger charge is 1.99. The minimum absolute atomic E-state index is 0.630. The average Bonchev–Trinajstić information content (AvgIpc) is 1.99. The Kier molecular flexibility index (Phi) is 2.01. The molecule has 0 saturated heterocycles. The monoisotopic (exact) mass is 152 g/mol. The van der Waals surface area contributed by atoms with Gasteiger partial charge in [0, 0.05) is 5.69 Å². The molecule has 0 bridgehead atoms. The predicted octanol–water partition coefficient (Wildman–Crippen LogP) is 1.69. The van der Waals surface area contributed by atoms with Gasteiger partial charge in [-0.25, -0.2) is 0 Å². The van der Waals surface area contributed by atoms with Crippen LogP contribution in [0, 0.1) is 13.8 Å². The van der Waals surface area contributed by atoms with Gasteiger partial charge in [-0.05, 0) is 37.1 Å². The van der Waals surface area contributed by atoms with Crippen LogP contribution in [0.5, 0.6) is 0 Å². The molecular formula is C8H12N2O. The molecule has 0 amide bonds. The van der Waals surface area contributed by atoms with Crippen molar-refractivity contribution in [3.8, 4) is 0 Å². The van der Waals surface area contributed by atoms with Crippen LogP contribution >= 0.6 is 0 Å². The Morgan fingerprint density at radius 1 is 1.36 bits per heavy atom. The molecule has 3 heteroatoms. The summed E-state index contributed by atoms with van der Waals surface area (Å²) in [6, 6.07) is 3.54. The molecule has 1 aromatic carbocycles. The van der Waals surface area contributed by atoms with Gasteiger partial charge < -0.3 is 5.73 Å². The number of rotatable bonds is 1. The van der Waals surface area contributed by atoms with Crippen molar-refractivity contribution in [2.24, 2.45) is 0 Å². The molecular weight excluding hydrogens is 140 g/mol. The minimum atomic E-state index is 0.630. The standard InChI is InChI=1S/C8H12N2O/c1-5-3-7(10-11)4-8(9)6(5)2/h3-4,10-11H,9H2,1-2H3. The molecule has 0 aliphatic carbocycles. The molecule has 0 saturated carbocycles. The molecule has 0 aliphatic heterocycles. The fourth-order valence-electron chi connectivity index (χ4n) is 0.951. The normalized spacial score (nSPS) is 9.73. The van der Waals surface area contributed by atoms with Gasteiger partial charge in [-0.15, -0.1) is 0 Å². The first-order valence-corrected chi connectivity index (χ1v) is 3.42. The van der Waals surface area contributed by atoms with E-state index in [4.69, 9.17) is 10.9 Å². The van der Waals surface area contributed by atoms with Crippen molar-refractivity contribution in [2.75, 3.05) is 11.2 Å². The van der Waals surface area contributed by atoms with Gasteiger partial charge >= 0.3 is 0 Å². The van der Waals surface area contributed by atoms with Crippen molar-refractivity contribution in [2.45, 2.75) is 13.8 Å². The topological polar surface area (TPSA) is 58.3 Å². The van der Waals surface area contributed by atoms with Crippen molar-refractivity contribution in [1.82, 2.24) is 0 Å². The van der Waals surface area contributed by atoms with Gasteiger partial charge in [0.2, 0.25) is 0 Å². The summed E-state index contributed by atoms with van der Waals surface area (Å²) >= 11 is 0. The van der Waals surface area contributed by atoms with Crippen LogP contribution in [0.4, 0.5) is 11.4 Å². The van der Waals surface area contributed by atoms with E-state index in [-0.39, 0.29) is 0 Å². The van der Waals surface area contributed by atoms with E-state index in [1.54, 1.807) is 6.07 Å². The summed E-state index contributed by atoms with van der Waals surface area (Å²) in [6.07, 6.45) is 0. The van der Waals surface area contributed by atoms with Gasteiger partial charge in [-0.1, -0.05) is 0 Å². The fourth-order valence-corrected chi connectivity index (χ4v) is 0.951. The third kappa shape index (κ3) is 1.43. The Morgan fingerprint density at radius 3 is 2.45 bits per heavy atom. The highest BCUT2D eigenvalue weighted by Crippen LogP contribution is 2.20. The first-order valence-electron chi connectivity index (χ1n) is 3.42. The van der Waals surface area contributed by atoms with Gasteiger partial charge in [0.25, 0.3) is 0 Å². The van der Waals surface area contributed by atoms with E-state index in [9.17, 15) is 0 Å². The molecule has 1 rings (SSSR count). The summed E-state index contributed by atoms with van der Waals surface area (Å²) in [5.41, 5.74) is 11.2. The molecule has 0 aliphatic rings. The van der Waals surface area contributed by atoms with Crippen LogP contribution in [-0.4, -0.2) is 5.21 Å². The largest absolute Gasteiger partial charge is 0.398 e. The molecule has 0 unspecified atom stereocenters. The number of nitrogens with one attached hydrogen (secondary N) is 1. The maximum absolute atomic E-state index is 8.57. The second-order valence-electron chi connectivity index (χ2n) is 2.62. The van der Waals surface area contributed by atoms with E-state index in [2.05, 4.69) is 5.48 Å². The molecule has 0 atom stereocenters. The van der Waals surface area contributed by atoms with Crippen LogP contribution in [0.2, 0.25) is 0 Å². The van der Waals surface area contributed by atoms with Crippen LogP contribution in [0.3, 0.4) is 0 Å². The lowest BCUT2D eigenvalue weighted by Gasteiger charge is -2.06. The predicted molar refractivity (Wildman–Crippen MR) is 45.7 cm³/mol. The van der Waals surface area contributed by atoms with Crippen molar-refractivity contribution in [3.05, 3.63) is 23.3 Å². The summed E-state index contributed by atoms with van der Waals surface area (Å²) in [4.78, 5) is 0. The van der Waals surface area contributed by atoms with Crippen LogP contribution in [0.1, 0.15) is 11.1 Å². The van der Waals surface area contributed by atoms with E-state index in [1.807, 2.05) is 19.9 Å². The Bertz CT molecular complexity index is 248. The average molecular weight is 152 g/mol. The zero-order valence-corrected chi connectivity index (χ0v) is 6.68. The maximum Gasteiger partial charge on any atom is 0.0625 e. The zero-order chi connectivity index (χ0) is 8.43. The van der Waals surface area contributed by atoms with E-state index in [1.165, 1.54) is 0 Å². The first-order chi connectivity index (χ1) is 5.15. The van der Waals surface area contributed by atoms with Gasteiger partial charge in [0.15, 0.2) is 0 Å². The molecule has 0 spiro atoms. The number of anilines is 2. The minimum Gasteiger partial charge on any atom is -0.398 e. The van der Waals surface area contributed by atoms with E-state index < -0.39 is 0 Å². The smallest absolute Gasteiger partial charge is 0.0625 e. The second-order valence-corrected chi connectivity index (χ2v) is 2.62. The summed E-state index contributed by atoms with van der Waals surface area (Å²) in [6.45, 7) is 3.90. The second kappa shape index (κ2) is 2.80. The van der Waals surface area contributed by atoms with Gasteiger partial charge in [-0.2, -0.15) is 0 Å². The Hall–Kier alpha value is -1.22. The lowest BCUT2D eigenvalue weighted by Crippen LogP contribution is -1.96. The summed E-state index contributed by atoms with van der Waals surface area (Å²) in [7, 11) is 0. The molecule has 3 nitrogen and oxygen atoms in total. The van der Waals surface area contributed by atoms with E-state index >= 15 is 0 Å². The van der Waals surface area contributed by atoms with Crippen LogP contribution in [0.15, 0.2) is 12.1 Å². The Labute approximate surface area is 65.8 Å². The summed E-state index contributed by atoms with van der Waals surface area (Å²) < 4.78 is 0. The molecule has 0 fully saturated rings. The number of nitrogens with two attached hydrogens (primary N) is 1. The van der Waals surface area contributed by atoms with E-state index in [0.29, 0.717) is 11.4 Å². The van der Waals surface area contributed by atoms with Crippen LogP contribution < -0.4 is 11.2 Å². The molecule has 4 N–H and O–H groups in total. The zero-order valence-electron chi connectivity index (χ0n) is 6.68. The number of benzene rings is 1.